The molecule has 4 aromatic rings. The van der Waals surface area contributed by atoms with Gasteiger partial charge >= 0.3 is 0 Å². The molecule has 6 heteroatoms. The summed E-state index contributed by atoms with van der Waals surface area (Å²) in [6.45, 7) is 0.453. The van der Waals surface area contributed by atoms with Crippen molar-refractivity contribution in [2.45, 2.75) is 6.61 Å². The van der Waals surface area contributed by atoms with Gasteiger partial charge in [-0.3, -0.25) is 4.79 Å². The van der Waals surface area contributed by atoms with Crippen LogP contribution in [0.2, 0.25) is 5.02 Å². The average Bonchev–Trinajstić information content (AvgIpc) is 3.19. The summed E-state index contributed by atoms with van der Waals surface area (Å²) in [5.41, 5.74) is 5.52. The van der Waals surface area contributed by atoms with Crippen LogP contribution in [-0.4, -0.2) is 17.1 Å². The van der Waals surface area contributed by atoms with E-state index in [1.54, 1.807) is 12.1 Å². The van der Waals surface area contributed by atoms with E-state index < -0.39 is 0 Å². The Hall–Kier alpha value is -3.57. The second kappa shape index (κ2) is 8.63. The quantitative estimate of drug-likeness (QED) is 0.344. The first kappa shape index (κ1) is 18.8. The number of H-pyrrole nitrogens is 1. The maximum atomic E-state index is 12.5. The molecule has 0 radical (unpaired) electrons. The van der Waals surface area contributed by atoms with Crippen molar-refractivity contribution >= 4 is 34.6 Å². The number of halogens is 1. The molecule has 0 saturated heterocycles. The van der Waals surface area contributed by atoms with Crippen molar-refractivity contribution in [1.29, 1.82) is 0 Å². The van der Waals surface area contributed by atoms with Gasteiger partial charge in [-0.25, -0.2) is 5.43 Å². The second-order valence-corrected chi connectivity index (χ2v) is 6.80. The molecular formula is C23H18ClN3O2. The molecule has 0 saturated carbocycles. The van der Waals surface area contributed by atoms with E-state index in [4.69, 9.17) is 16.3 Å². The molecule has 0 fully saturated rings. The fraction of sp³-hybridized carbons (Fsp3) is 0.0435. The number of ether oxygens (including phenoxy) is 1. The number of nitrogens with zero attached hydrogens (tertiary/aromatic N) is 1. The standard InChI is InChI=1S/C23H18ClN3O2/c24-19-10-5-4-9-17(19)14-25-27-23(28)21-13-18-20(26-21)11-6-12-22(18)29-15-16-7-2-1-3-8-16/h1-14,26H,15H2,(H,27,28)/b25-14+. The number of amides is 1. The summed E-state index contributed by atoms with van der Waals surface area (Å²) < 4.78 is 5.95. The van der Waals surface area contributed by atoms with Crippen molar-refractivity contribution in [2.75, 3.05) is 0 Å². The Balaban J connectivity index is 1.48. The van der Waals surface area contributed by atoms with Crippen molar-refractivity contribution in [3.8, 4) is 5.75 Å². The molecule has 5 nitrogen and oxygen atoms in total. The zero-order valence-electron chi connectivity index (χ0n) is 15.4. The van der Waals surface area contributed by atoms with E-state index in [-0.39, 0.29) is 5.91 Å². The highest BCUT2D eigenvalue weighted by molar-refractivity contribution is 6.33. The Kier molecular flexibility index (Phi) is 5.59. The molecule has 0 spiro atoms. The minimum absolute atomic E-state index is 0.349. The van der Waals surface area contributed by atoms with Crippen molar-refractivity contribution < 1.29 is 9.53 Å². The summed E-state index contributed by atoms with van der Waals surface area (Å²) in [7, 11) is 0. The number of carbonyl (C=O) groups is 1. The van der Waals surface area contributed by atoms with Gasteiger partial charge in [0.05, 0.1) is 6.21 Å². The summed E-state index contributed by atoms with van der Waals surface area (Å²) in [4.78, 5) is 15.6. The van der Waals surface area contributed by atoms with Crippen molar-refractivity contribution in [2.24, 2.45) is 5.10 Å². The predicted octanol–water partition coefficient (Wildman–Crippen LogP) is 5.16. The number of hydrazone groups is 1. The van der Waals surface area contributed by atoms with E-state index >= 15 is 0 Å². The Morgan fingerprint density at radius 3 is 2.66 bits per heavy atom. The topological polar surface area (TPSA) is 66.5 Å². The number of nitrogens with one attached hydrogen (secondary N) is 2. The monoisotopic (exact) mass is 403 g/mol. The number of carbonyl (C=O) groups excluding carboxylic acids is 1. The van der Waals surface area contributed by atoms with Crippen LogP contribution >= 0.6 is 11.6 Å². The highest BCUT2D eigenvalue weighted by atomic mass is 35.5. The number of hydrogen-bond donors (Lipinski definition) is 2. The lowest BCUT2D eigenvalue weighted by Gasteiger charge is -2.07. The van der Waals surface area contributed by atoms with Crippen LogP contribution in [0.1, 0.15) is 21.6 Å². The summed E-state index contributed by atoms with van der Waals surface area (Å²) in [6.07, 6.45) is 1.51. The number of rotatable bonds is 6. The lowest BCUT2D eigenvalue weighted by atomic mass is 10.2. The Bertz CT molecular complexity index is 1170. The molecule has 1 heterocycles. The maximum Gasteiger partial charge on any atom is 0.287 e. The summed E-state index contributed by atoms with van der Waals surface area (Å²) in [6, 6.07) is 24.6. The lowest BCUT2D eigenvalue weighted by Crippen LogP contribution is -2.17. The van der Waals surface area contributed by atoms with Gasteiger partial charge < -0.3 is 9.72 Å². The first-order valence-electron chi connectivity index (χ1n) is 9.07. The summed E-state index contributed by atoms with van der Waals surface area (Å²) in [5.74, 6) is 0.361. The molecule has 0 aliphatic rings. The molecule has 144 valence electrons. The molecule has 2 N–H and O–H groups in total. The molecular weight excluding hydrogens is 386 g/mol. The van der Waals surface area contributed by atoms with Crippen LogP contribution in [0.3, 0.4) is 0 Å². The molecule has 3 aromatic carbocycles. The van der Waals surface area contributed by atoms with Crippen LogP contribution in [0, 0.1) is 0 Å². The van der Waals surface area contributed by atoms with E-state index in [9.17, 15) is 4.79 Å². The molecule has 0 bridgehead atoms. The minimum atomic E-state index is -0.349. The smallest absolute Gasteiger partial charge is 0.287 e. The van der Waals surface area contributed by atoms with Gasteiger partial charge in [0, 0.05) is 21.5 Å². The zero-order valence-corrected chi connectivity index (χ0v) is 16.2. The van der Waals surface area contributed by atoms with E-state index in [2.05, 4.69) is 15.5 Å². The van der Waals surface area contributed by atoms with E-state index in [0.717, 1.165) is 22.0 Å². The number of benzene rings is 3. The number of aromatic amines is 1. The fourth-order valence-electron chi connectivity index (χ4n) is 2.91. The Labute approximate surface area is 173 Å². The molecule has 4 rings (SSSR count). The van der Waals surface area contributed by atoms with Gasteiger partial charge in [0.2, 0.25) is 0 Å². The molecule has 0 aliphatic carbocycles. The zero-order chi connectivity index (χ0) is 20.1. The highest BCUT2D eigenvalue weighted by Crippen LogP contribution is 2.27. The van der Waals surface area contributed by atoms with Gasteiger partial charge in [-0.2, -0.15) is 5.10 Å². The summed E-state index contributed by atoms with van der Waals surface area (Å²) >= 11 is 6.08. The SMILES string of the molecule is O=C(N/N=C/c1ccccc1Cl)c1cc2c(OCc3ccccc3)cccc2[nH]1. The molecule has 0 unspecified atom stereocenters. The van der Waals surface area contributed by atoms with Gasteiger partial charge in [-0.15, -0.1) is 0 Å². The number of hydrogen-bond acceptors (Lipinski definition) is 3. The van der Waals surface area contributed by atoms with Crippen LogP contribution in [0.4, 0.5) is 0 Å². The normalized spacial score (nSPS) is 11.1. The van der Waals surface area contributed by atoms with Crippen molar-refractivity contribution in [1.82, 2.24) is 10.4 Å². The van der Waals surface area contributed by atoms with Gasteiger partial charge in [-0.05, 0) is 29.8 Å². The largest absolute Gasteiger partial charge is 0.488 e. The Morgan fingerprint density at radius 2 is 1.83 bits per heavy atom. The third kappa shape index (κ3) is 4.47. The Morgan fingerprint density at radius 1 is 1.03 bits per heavy atom. The van der Waals surface area contributed by atoms with Gasteiger partial charge in [0.25, 0.3) is 5.91 Å². The van der Waals surface area contributed by atoms with Crippen molar-refractivity contribution in [3.05, 3.63) is 101 Å². The first-order valence-corrected chi connectivity index (χ1v) is 9.45. The van der Waals surface area contributed by atoms with E-state index in [1.807, 2.05) is 66.7 Å². The third-order valence-corrected chi connectivity index (χ3v) is 4.73. The fourth-order valence-corrected chi connectivity index (χ4v) is 3.10. The molecule has 1 aromatic heterocycles. The summed E-state index contributed by atoms with van der Waals surface area (Å²) in [5, 5.41) is 5.39. The third-order valence-electron chi connectivity index (χ3n) is 4.38. The number of aromatic nitrogens is 1. The van der Waals surface area contributed by atoms with Crippen molar-refractivity contribution in [3.63, 3.8) is 0 Å². The van der Waals surface area contributed by atoms with E-state index in [0.29, 0.717) is 23.1 Å². The highest BCUT2D eigenvalue weighted by Gasteiger charge is 2.12. The van der Waals surface area contributed by atoms with E-state index in [1.165, 1.54) is 6.21 Å². The maximum absolute atomic E-state index is 12.5. The van der Waals surface area contributed by atoms with Crippen LogP contribution in [0.15, 0.2) is 84.0 Å². The first-order chi connectivity index (χ1) is 14.2. The number of fused-ring (bicyclic) bond motifs is 1. The molecule has 0 aliphatic heterocycles. The predicted molar refractivity (Wildman–Crippen MR) is 116 cm³/mol. The van der Waals surface area contributed by atoms with Crippen LogP contribution < -0.4 is 10.2 Å². The van der Waals surface area contributed by atoms with Crippen LogP contribution in [0.25, 0.3) is 10.9 Å². The second-order valence-electron chi connectivity index (χ2n) is 6.40. The van der Waals surface area contributed by atoms with Gasteiger partial charge in [-0.1, -0.05) is 66.2 Å². The van der Waals surface area contributed by atoms with Crippen LogP contribution in [0.5, 0.6) is 5.75 Å². The lowest BCUT2D eigenvalue weighted by molar-refractivity contribution is 0.0951. The van der Waals surface area contributed by atoms with Gasteiger partial charge in [0.1, 0.15) is 18.1 Å². The molecule has 1 amide bonds. The molecule has 0 atom stereocenters. The molecule has 29 heavy (non-hydrogen) atoms. The van der Waals surface area contributed by atoms with Gasteiger partial charge in [0.15, 0.2) is 0 Å². The van der Waals surface area contributed by atoms with Crippen LogP contribution in [-0.2, 0) is 6.61 Å². The minimum Gasteiger partial charge on any atom is -0.488 e. The average molecular weight is 404 g/mol.